The summed E-state index contributed by atoms with van der Waals surface area (Å²) in [6.45, 7) is 0.328. The second-order valence-corrected chi connectivity index (χ2v) is 5.15. The van der Waals surface area contributed by atoms with Crippen molar-refractivity contribution in [3.05, 3.63) is 12.2 Å². The van der Waals surface area contributed by atoms with Crippen LogP contribution in [-0.4, -0.2) is 30.1 Å². The standard InChI is InChI=1S/C13H18F3NO/c14-13(15,16)11-7-4-8-17(9-11)12(18)10-5-2-1-3-6-10/h1-2,10-11H,3-9H2/t10-,11+/m0/s1. The molecule has 1 amide bonds. The minimum absolute atomic E-state index is 0.0895. The number of hydrogen-bond donors (Lipinski definition) is 0. The monoisotopic (exact) mass is 261 g/mol. The van der Waals surface area contributed by atoms with Gasteiger partial charge in [-0.05, 0) is 32.1 Å². The molecule has 1 aliphatic carbocycles. The summed E-state index contributed by atoms with van der Waals surface area (Å²) in [5.41, 5.74) is 0. The van der Waals surface area contributed by atoms with E-state index in [9.17, 15) is 18.0 Å². The first-order chi connectivity index (χ1) is 8.48. The Kier molecular flexibility index (Phi) is 3.97. The largest absolute Gasteiger partial charge is 0.393 e. The fourth-order valence-corrected chi connectivity index (χ4v) is 2.72. The number of carbonyl (C=O) groups is 1. The molecule has 5 heteroatoms. The molecule has 0 unspecified atom stereocenters. The van der Waals surface area contributed by atoms with Crippen LogP contribution in [0.5, 0.6) is 0 Å². The molecule has 18 heavy (non-hydrogen) atoms. The Morgan fingerprint density at radius 1 is 1.22 bits per heavy atom. The van der Waals surface area contributed by atoms with Crippen LogP contribution < -0.4 is 0 Å². The lowest BCUT2D eigenvalue weighted by atomic mass is 9.91. The maximum atomic E-state index is 12.7. The van der Waals surface area contributed by atoms with Crippen LogP contribution in [0.15, 0.2) is 12.2 Å². The SMILES string of the molecule is O=C([C@H]1CC=CCC1)N1CCC[C@@H](C(F)(F)F)C1. The number of hydrogen-bond acceptors (Lipinski definition) is 1. The van der Waals surface area contributed by atoms with E-state index in [1.54, 1.807) is 0 Å². The van der Waals surface area contributed by atoms with E-state index in [4.69, 9.17) is 0 Å². The molecule has 1 aliphatic heterocycles. The quantitative estimate of drug-likeness (QED) is 0.664. The van der Waals surface area contributed by atoms with Crippen LogP contribution in [0.4, 0.5) is 13.2 Å². The van der Waals surface area contributed by atoms with Crippen molar-refractivity contribution in [3.63, 3.8) is 0 Å². The zero-order chi connectivity index (χ0) is 13.2. The number of piperidine rings is 1. The van der Waals surface area contributed by atoms with Gasteiger partial charge in [0.25, 0.3) is 0 Å². The number of nitrogens with zero attached hydrogens (tertiary/aromatic N) is 1. The lowest BCUT2D eigenvalue weighted by molar-refractivity contribution is -0.188. The lowest BCUT2D eigenvalue weighted by Crippen LogP contribution is -2.46. The molecule has 1 saturated heterocycles. The molecule has 0 aromatic carbocycles. The van der Waals surface area contributed by atoms with Gasteiger partial charge in [-0.15, -0.1) is 0 Å². The summed E-state index contributed by atoms with van der Waals surface area (Å²) < 4.78 is 38.0. The van der Waals surface area contributed by atoms with Gasteiger partial charge < -0.3 is 4.90 Å². The van der Waals surface area contributed by atoms with Crippen LogP contribution in [0.1, 0.15) is 32.1 Å². The van der Waals surface area contributed by atoms with Gasteiger partial charge >= 0.3 is 6.18 Å². The van der Waals surface area contributed by atoms with Gasteiger partial charge in [0.1, 0.15) is 0 Å². The zero-order valence-corrected chi connectivity index (χ0v) is 10.2. The number of amides is 1. The van der Waals surface area contributed by atoms with Crippen LogP contribution in [0.3, 0.4) is 0 Å². The maximum absolute atomic E-state index is 12.7. The molecule has 2 atom stereocenters. The van der Waals surface area contributed by atoms with Gasteiger partial charge in [-0.2, -0.15) is 13.2 Å². The summed E-state index contributed by atoms with van der Waals surface area (Å²) in [7, 11) is 0. The Bertz CT molecular complexity index is 338. The highest BCUT2D eigenvalue weighted by Gasteiger charge is 2.43. The number of rotatable bonds is 1. The Hall–Kier alpha value is -1.00. The lowest BCUT2D eigenvalue weighted by Gasteiger charge is -2.36. The Labute approximate surface area is 105 Å². The summed E-state index contributed by atoms with van der Waals surface area (Å²) in [5.74, 6) is -1.54. The fourth-order valence-electron chi connectivity index (χ4n) is 2.72. The average Bonchev–Trinajstić information content (AvgIpc) is 2.38. The van der Waals surface area contributed by atoms with Crippen molar-refractivity contribution in [2.24, 2.45) is 11.8 Å². The Morgan fingerprint density at radius 2 is 2.00 bits per heavy atom. The van der Waals surface area contributed by atoms with Gasteiger partial charge in [0.05, 0.1) is 5.92 Å². The first kappa shape index (κ1) is 13.4. The normalized spacial score (nSPS) is 29.4. The molecule has 0 bridgehead atoms. The van der Waals surface area contributed by atoms with Crippen molar-refractivity contribution in [1.29, 1.82) is 0 Å². The van der Waals surface area contributed by atoms with Gasteiger partial charge in [0, 0.05) is 19.0 Å². The van der Waals surface area contributed by atoms with E-state index in [1.807, 2.05) is 12.2 Å². The minimum atomic E-state index is -4.18. The predicted octanol–water partition coefficient (Wildman–Crippen LogP) is 3.14. The van der Waals surface area contributed by atoms with E-state index in [2.05, 4.69) is 0 Å². The van der Waals surface area contributed by atoms with Crippen LogP contribution in [0.2, 0.25) is 0 Å². The Morgan fingerprint density at radius 3 is 2.61 bits per heavy atom. The number of halogens is 3. The number of carbonyl (C=O) groups excluding carboxylic acids is 1. The Balaban J connectivity index is 1.96. The molecule has 2 aliphatic rings. The third kappa shape index (κ3) is 3.06. The fraction of sp³-hybridized carbons (Fsp3) is 0.769. The molecule has 2 nitrogen and oxygen atoms in total. The van der Waals surface area contributed by atoms with Gasteiger partial charge in [-0.1, -0.05) is 12.2 Å². The van der Waals surface area contributed by atoms with E-state index in [0.29, 0.717) is 19.4 Å². The van der Waals surface area contributed by atoms with E-state index in [1.165, 1.54) is 4.90 Å². The molecular formula is C13H18F3NO. The number of likely N-dealkylation sites (tertiary alicyclic amines) is 1. The van der Waals surface area contributed by atoms with Crippen LogP contribution in [-0.2, 0) is 4.79 Å². The smallest absolute Gasteiger partial charge is 0.342 e. The molecule has 1 fully saturated rings. The summed E-state index contributed by atoms with van der Waals surface area (Å²) in [4.78, 5) is 13.6. The zero-order valence-electron chi connectivity index (χ0n) is 10.2. The molecule has 1 heterocycles. The van der Waals surface area contributed by atoms with Crippen molar-refractivity contribution in [3.8, 4) is 0 Å². The highest BCUT2D eigenvalue weighted by Crippen LogP contribution is 2.34. The predicted molar refractivity (Wildman–Crippen MR) is 61.8 cm³/mol. The molecule has 102 valence electrons. The highest BCUT2D eigenvalue weighted by molar-refractivity contribution is 5.79. The van der Waals surface area contributed by atoms with Crippen LogP contribution in [0.25, 0.3) is 0 Å². The summed E-state index contributed by atoms with van der Waals surface area (Å²) in [6, 6.07) is 0. The van der Waals surface area contributed by atoms with E-state index in [0.717, 1.165) is 12.8 Å². The van der Waals surface area contributed by atoms with Crippen molar-refractivity contribution < 1.29 is 18.0 Å². The van der Waals surface area contributed by atoms with Gasteiger partial charge in [0.15, 0.2) is 0 Å². The topological polar surface area (TPSA) is 20.3 Å². The van der Waals surface area contributed by atoms with Gasteiger partial charge in [-0.3, -0.25) is 4.79 Å². The van der Waals surface area contributed by atoms with Crippen molar-refractivity contribution in [1.82, 2.24) is 4.90 Å². The van der Waals surface area contributed by atoms with E-state index < -0.39 is 12.1 Å². The molecule has 0 saturated carbocycles. The van der Waals surface area contributed by atoms with Crippen LogP contribution >= 0.6 is 0 Å². The van der Waals surface area contributed by atoms with Gasteiger partial charge in [-0.25, -0.2) is 0 Å². The molecule has 0 N–H and O–H groups in total. The summed E-state index contributed by atoms with van der Waals surface area (Å²) in [6.07, 6.45) is 2.71. The third-order valence-corrected chi connectivity index (χ3v) is 3.81. The molecule has 0 spiro atoms. The number of alkyl halides is 3. The summed E-state index contributed by atoms with van der Waals surface area (Å²) in [5, 5.41) is 0. The maximum Gasteiger partial charge on any atom is 0.393 e. The van der Waals surface area contributed by atoms with Crippen molar-refractivity contribution in [2.45, 2.75) is 38.3 Å². The van der Waals surface area contributed by atoms with Gasteiger partial charge in [0.2, 0.25) is 5.91 Å². The molecular weight excluding hydrogens is 243 g/mol. The summed E-state index contributed by atoms with van der Waals surface area (Å²) >= 11 is 0. The second kappa shape index (κ2) is 5.33. The molecule has 0 radical (unpaired) electrons. The first-order valence-electron chi connectivity index (χ1n) is 6.49. The molecule has 0 aromatic heterocycles. The van der Waals surface area contributed by atoms with Crippen molar-refractivity contribution >= 4 is 5.91 Å². The first-order valence-corrected chi connectivity index (χ1v) is 6.49. The molecule has 0 aromatic rings. The van der Waals surface area contributed by atoms with Crippen molar-refractivity contribution in [2.75, 3.05) is 13.1 Å². The van der Waals surface area contributed by atoms with E-state index in [-0.39, 0.29) is 24.8 Å². The van der Waals surface area contributed by atoms with E-state index >= 15 is 0 Å². The third-order valence-electron chi connectivity index (χ3n) is 3.81. The average molecular weight is 261 g/mol. The minimum Gasteiger partial charge on any atom is -0.342 e. The number of allylic oxidation sites excluding steroid dienone is 2. The highest BCUT2D eigenvalue weighted by atomic mass is 19.4. The van der Waals surface area contributed by atoms with Crippen LogP contribution in [0, 0.1) is 11.8 Å². The second-order valence-electron chi connectivity index (χ2n) is 5.15. The molecule has 2 rings (SSSR count).